The predicted octanol–water partition coefficient (Wildman–Crippen LogP) is 5.78. The van der Waals surface area contributed by atoms with E-state index in [1.807, 2.05) is 48.5 Å². The Morgan fingerprint density at radius 2 is 1.78 bits per heavy atom. The van der Waals surface area contributed by atoms with Gasteiger partial charge in [0.15, 0.2) is 0 Å². The van der Waals surface area contributed by atoms with Crippen LogP contribution in [0.25, 0.3) is 0 Å². The maximum absolute atomic E-state index is 13.5. The molecule has 156 valence electrons. The van der Waals surface area contributed by atoms with E-state index in [1.165, 1.54) is 12.1 Å². The minimum absolute atomic E-state index is 0.179. The van der Waals surface area contributed by atoms with Gasteiger partial charge < -0.3 is 5.32 Å². The summed E-state index contributed by atoms with van der Waals surface area (Å²) in [7, 11) is 0. The summed E-state index contributed by atoms with van der Waals surface area (Å²) >= 11 is 1.61. The van der Waals surface area contributed by atoms with Crippen LogP contribution in [0.15, 0.2) is 106 Å². The zero-order chi connectivity index (χ0) is 21.9. The smallest absolute Gasteiger partial charge is 0.251 e. The fourth-order valence-corrected chi connectivity index (χ4v) is 4.50. The molecule has 1 aliphatic heterocycles. The molecule has 3 aromatic carbocycles. The van der Waals surface area contributed by atoms with Crippen LogP contribution >= 0.6 is 11.8 Å². The minimum atomic E-state index is -0.293. The second kappa shape index (κ2) is 8.77. The molecule has 0 radical (unpaired) electrons. The van der Waals surface area contributed by atoms with Gasteiger partial charge in [-0.15, -0.1) is 0 Å². The highest BCUT2D eigenvalue weighted by molar-refractivity contribution is 7.99. The van der Waals surface area contributed by atoms with Gasteiger partial charge in [0.2, 0.25) is 0 Å². The number of carbonyl (C=O) groups excluding carboxylic acids is 1. The molecule has 1 aliphatic rings. The van der Waals surface area contributed by atoms with Gasteiger partial charge in [0, 0.05) is 45.4 Å². The molecular formula is C26H18FN3OS. The molecule has 0 fully saturated rings. The number of amides is 1. The van der Waals surface area contributed by atoms with Crippen LogP contribution in [-0.4, -0.2) is 16.6 Å². The normalized spacial score (nSPS) is 12.2. The van der Waals surface area contributed by atoms with E-state index < -0.39 is 0 Å². The Labute approximate surface area is 189 Å². The van der Waals surface area contributed by atoms with Crippen LogP contribution in [0.2, 0.25) is 0 Å². The van der Waals surface area contributed by atoms with E-state index in [-0.39, 0.29) is 11.7 Å². The monoisotopic (exact) mass is 439 g/mol. The van der Waals surface area contributed by atoms with Crippen molar-refractivity contribution in [1.82, 2.24) is 10.3 Å². The van der Waals surface area contributed by atoms with Crippen LogP contribution in [0.4, 0.5) is 10.1 Å². The van der Waals surface area contributed by atoms with Crippen molar-refractivity contribution in [2.45, 2.75) is 16.3 Å². The van der Waals surface area contributed by atoms with E-state index in [9.17, 15) is 9.18 Å². The van der Waals surface area contributed by atoms with Gasteiger partial charge in [0.05, 0.1) is 11.4 Å². The molecule has 0 aliphatic carbocycles. The number of rotatable bonds is 4. The van der Waals surface area contributed by atoms with Crippen molar-refractivity contribution in [3.63, 3.8) is 0 Å². The average Bonchev–Trinajstić information content (AvgIpc) is 3.00. The molecule has 6 heteroatoms. The Kier molecular flexibility index (Phi) is 5.52. The predicted molar refractivity (Wildman–Crippen MR) is 124 cm³/mol. The number of aliphatic imine (C=N–C) groups is 1. The van der Waals surface area contributed by atoms with E-state index >= 15 is 0 Å². The number of benzene rings is 3. The molecule has 0 saturated heterocycles. The van der Waals surface area contributed by atoms with Gasteiger partial charge in [-0.1, -0.05) is 36.0 Å². The highest BCUT2D eigenvalue weighted by atomic mass is 32.2. The molecule has 5 rings (SSSR count). The summed E-state index contributed by atoms with van der Waals surface area (Å²) in [6.07, 6.45) is 3.43. The first-order valence-electron chi connectivity index (χ1n) is 10.1. The van der Waals surface area contributed by atoms with Crippen LogP contribution < -0.4 is 5.32 Å². The van der Waals surface area contributed by atoms with Crippen molar-refractivity contribution in [3.05, 3.63) is 119 Å². The summed E-state index contributed by atoms with van der Waals surface area (Å²) in [4.78, 5) is 23.8. The van der Waals surface area contributed by atoms with E-state index in [4.69, 9.17) is 4.99 Å². The number of aromatic nitrogens is 1. The average molecular weight is 440 g/mol. The molecule has 0 bridgehead atoms. The molecule has 1 amide bonds. The minimum Gasteiger partial charge on any atom is -0.348 e. The Balaban J connectivity index is 1.51. The highest BCUT2D eigenvalue weighted by Crippen LogP contribution is 2.41. The number of nitrogens with one attached hydrogen (secondary N) is 1. The van der Waals surface area contributed by atoms with Gasteiger partial charge in [0.1, 0.15) is 5.82 Å². The third-order valence-electron chi connectivity index (χ3n) is 5.11. The van der Waals surface area contributed by atoms with Crippen LogP contribution in [-0.2, 0) is 6.54 Å². The van der Waals surface area contributed by atoms with Crippen molar-refractivity contribution >= 4 is 29.1 Å². The van der Waals surface area contributed by atoms with E-state index in [2.05, 4.69) is 10.3 Å². The van der Waals surface area contributed by atoms with E-state index in [1.54, 1.807) is 42.4 Å². The molecule has 2 heterocycles. The Morgan fingerprint density at radius 3 is 2.59 bits per heavy atom. The van der Waals surface area contributed by atoms with Crippen molar-refractivity contribution < 1.29 is 9.18 Å². The van der Waals surface area contributed by atoms with Crippen LogP contribution in [0.1, 0.15) is 27.0 Å². The lowest BCUT2D eigenvalue weighted by atomic mass is 10.0. The first-order valence-corrected chi connectivity index (χ1v) is 10.9. The van der Waals surface area contributed by atoms with Gasteiger partial charge in [-0.2, -0.15) is 0 Å². The van der Waals surface area contributed by atoms with Crippen LogP contribution in [0.5, 0.6) is 0 Å². The Hall–Kier alpha value is -3.77. The number of hydrogen-bond donors (Lipinski definition) is 1. The lowest BCUT2D eigenvalue weighted by molar-refractivity contribution is 0.0951. The zero-order valence-corrected chi connectivity index (χ0v) is 17.8. The van der Waals surface area contributed by atoms with Crippen molar-refractivity contribution in [1.29, 1.82) is 0 Å². The fourth-order valence-electron chi connectivity index (χ4n) is 3.50. The summed E-state index contributed by atoms with van der Waals surface area (Å²) in [5, 5.41) is 2.93. The van der Waals surface area contributed by atoms with E-state index in [0.29, 0.717) is 17.8 Å². The number of nitrogens with zero attached hydrogens (tertiary/aromatic N) is 2. The molecule has 32 heavy (non-hydrogen) atoms. The highest BCUT2D eigenvalue weighted by Gasteiger charge is 2.20. The summed E-state index contributed by atoms with van der Waals surface area (Å²) in [5.74, 6) is -0.472. The number of fused-ring (bicyclic) bond motifs is 2. The Morgan fingerprint density at radius 1 is 0.938 bits per heavy atom. The van der Waals surface area contributed by atoms with Crippen molar-refractivity contribution in [3.8, 4) is 0 Å². The van der Waals surface area contributed by atoms with Crippen molar-refractivity contribution in [2.24, 2.45) is 4.99 Å². The third-order valence-corrected chi connectivity index (χ3v) is 6.25. The first-order chi connectivity index (χ1) is 15.7. The van der Waals surface area contributed by atoms with Gasteiger partial charge in [-0.05, 0) is 60.2 Å². The molecule has 0 spiro atoms. The molecule has 0 unspecified atom stereocenters. The zero-order valence-electron chi connectivity index (χ0n) is 17.0. The molecule has 1 aromatic heterocycles. The number of halogens is 1. The third kappa shape index (κ3) is 4.18. The van der Waals surface area contributed by atoms with Gasteiger partial charge in [-0.3, -0.25) is 9.78 Å². The maximum atomic E-state index is 13.5. The summed E-state index contributed by atoms with van der Waals surface area (Å²) in [6, 6.07) is 23.6. The fraction of sp³-hybridized carbons (Fsp3) is 0.0385. The lowest BCUT2D eigenvalue weighted by Gasteiger charge is -2.09. The van der Waals surface area contributed by atoms with Crippen LogP contribution in [0.3, 0.4) is 0 Å². The SMILES string of the molecule is O=C(NCc1cccnc1)c1ccc2c(c1)N=C(c1ccc(F)cc1)c1ccccc1S2. The van der Waals surface area contributed by atoms with Crippen LogP contribution in [0, 0.1) is 5.82 Å². The molecule has 4 aromatic rings. The quantitative estimate of drug-likeness (QED) is 0.386. The lowest BCUT2D eigenvalue weighted by Crippen LogP contribution is -2.22. The summed E-state index contributed by atoms with van der Waals surface area (Å²) in [6.45, 7) is 0.397. The second-order valence-corrected chi connectivity index (χ2v) is 8.38. The molecular weight excluding hydrogens is 421 g/mol. The molecule has 0 atom stereocenters. The molecule has 4 nitrogen and oxygen atoms in total. The largest absolute Gasteiger partial charge is 0.348 e. The van der Waals surface area contributed by atoms with Gasteiger partial charge >= 0.3 is 0 Å². The number of hydrogen-bond acceptors (Lipinski definition) is 4. The number of carbonyl (C=O) groups is 1. The molecule has 1 N–H and O–H groups in total. The van der Waals surface area contributed by atoms with Crippen molar-refractivity contribution in [2.75, 3.05) is 0 Å². The Bertz CT molecular complexity index is 1320. The number of pyridine rings is 1. The standard InChI is InChI=1S/C26H18FN3OS/c27-20-10-7-18(8-11-20)25-21-5-1-2-6-23(21)32-24-12-9-19(14-22(24)30-25)26(31)29-16-17-4-3-13-28-15-17/h1-15H,16H2,(H,29,31). The first kappa shape index (κ1) is 20.2. The molecule has 0 saturated carbocycles. The topological polar surface area (TPSA) is 54.4 Å². The second-order valence-electron chi connectivity index (χ2n) is 7.29. The summed E-state index contributed by atoms with van der Waals surface area (Å²) in [5.41, 5.74) is 4.71. The van der Waals surface area contributed by atoms with Gasteiger partial charge in [0.25, 0.3) is 5.91 Å². The van der Waals surface area contributed by atoms with Gasteiger partial charge in [-0.25, -0.2) is 9.38 Å². The van der Waals surface area contributed by atoms with E-state index in [0.717, 1.165) is 32.2 Å². The maximum Gasteiger partial charge on any atom is 0.251 e. The summed E-state index contributed by atoms with van der Waals surface area (Å²) < 4.78 is 13.5.